The summed E-state index contributed by atoms with van der Waals surface area (Å²) in [5.41, 5.74) is 0.504. The van der Waals surface area contributed by atoms with E-state index in [1.54, 1.807) is 0 Å². The first-order valence-electron chi connectivity index (χ1n) is 5.78. The number of nitrogens with one attached hydrogen (secondary N) is 1. The highest BCUT2D eigenvalue weighted by atomic mass is 19.2. The second-order valence-corrected chi connectivity index (χ2v) is 4.18. The van der Waals surface area contributed by atoms with Crippen LogP contribution in [0.4, 0.5) is 23.2 Å². The smallest absolute Gasteiger partial charge is 0.194 e. The molecule has 0 saturated carbocycles. The Kier molecular flexibility index (Phi) is 4.24. The molecule has 6 heteroatoms. The van der Waals surface area contributed by atoms with Crippen LogP contribution in [0.1, 0.15) is 11.6 Å². The maximum absolute atomic E-state index is 13.2. The summed E-state index contributed by atoms with van der Waals surface area (Å²) in [4.78, 5) is 0. The molecular formula is C14H11F4NO. The first kappa shape index (κ1) is 14.3. The van der Waals surface area contributed by atoms with Crippen LogP contribution >= 0.6 is 0 Å². The lowest BCUT2D eigenvalue weighted by molar-refractivity contribution is 0.275. The van der Waals surface area contributed by atoms with Crippen molar-refractivity contribution in [3.05, 3.63) is 65.2 Å². The second-order valence-electron chi connectivity index (χ2n) is 4.18. The van der Waals surface area contributed by atoms with Crippen molar-refractivity contribution < 1.29 is 22.7 Å². The van der Waals surface area contributed by atoms with Crippen LogP contribution in [-0.4, -0.2) is 11.7 Å². The van der Waals surface area contributed by atoms with Crippen molar-refractivity contribution in [3.63, 3.8) is 0 Å². The Bertz CT molecular complexity index is 578. The van der Waals surface area contributed by atoms with E-state index in [9.17, 15) is 22.7 Å². The van der Waals surface area contributed by atoms with Gasteiger partial charge < -0.3 is 10.4 Å². The summed E-state index contributed by atoms with van der Waals surface area (Å²) in [6.45, 7) is -0.470. The Hall–Kier alpha value is -2.08. The first-order valence-corrected chi connectivity index (χ1v) is 5.78. The number of anilines is 1. The summed E-state index contributed by atoms with van der Waals surface area (Å²) < 4.78 is 51.9. The number of benzene rings is 2. The van der Waals surface area contributed by atoms with Gasteiger partial charge in [0.2, 0.25) is 0 Å². The summed E-state index contributed by atoms with van der Waals surface area (Å²) in [7, 11) is 0. The largest absolute Gasteiger partial charge is 0.394 e. The average molecular weight is 285 g/mol. The topological polar surface area (TPSA) is 32.3 Å². The standard InChI is InChI=1S/C14H11F4NO/c15-9-1-3-10(4-2-9)19-13(7-20)8-5-11(16)14(18)12(17)6-8/h1-6,13,19-20H,7H2. The van der Waals surface area contributed by atoms with Gasteiger partial charge in [0.05, 0.1) is 12.6 Å². The fraction of sp³-hybridized carbons (Fsp3) is 0.143. The van der Waals surface area contributed by atoms with Gasteiger partial charge in [-0.3, -0.25) is 0 Å². The molecular weight excluding hydrogens is 274 g/mol. The maximum atomic E-state index is 13.2. The monoisotopic (exact) mass is 285 g/mol. The van der Waals surface area contributed by atoms with Gasteiger partial charge in [-0.2, -0.15) is 0 Å². The van der Waals surface area contributed by atoms with Crippen LogP contribution in [0.2, 0.25) is 0 Å². The molecule has 0 aliphatic rings. The van der Waals surface area contributed by atoms with E-state index in [4.69, 9.17) is 0 Å². The number of rotatable bonds is 4. The van der Waals surface area contributed by atoms with Crippen LogP contribution in [0, 0.1) is 23.3 Å². The van der Waals surface area contributed by atoms with E-state index in [2.05, 4.69) is 5.32 Å². The van der Waals surface area contributed by atoms with Gasteiger partial charge in [-0.1, -0.05) is 0 Å². The molecule has 2 N–H and O–H groups in total. The minimum absolute atomic E-state index is 0.0493. The third-order valence-corrected chi connectivity index (χ3v) is 2.78. The Morgan fingerprint density at radius 1 is 0.950 bits per heavy atom. The fourth-order valence-corrected chi connectivity index (χ4v) is 1.76. The molecule has 2 aromatic rings. The van der Waals surface area contributed by atoms with Crippen LogP contribution in [0.15, 0.2) is 36.4 Å². The summed E-state index contributed by atoms with van der Waals surface area (Å²) in [5.74, 6) is -4.67. The van der Waals surface area contributed by atoms with E-state index in [1.165, 1.54) is 24.3 Å². The average Bonchev–Trinajstić information content (AvgIpc) is 2.43. The molecule has 0 radical (unpaired) electrons. The Labute approximate surface area is 112 Å². The molecule has 0 spiro atoms. The Morgan fingerprint density at radius 2 is 1.50 bits per heavy atom. The molecule has 0 bridgehead atoms. The second kappa shape index (κ2) is 5.92. The van der Waals surface area contributed by atoms with E-state index < -0.39 is 35.9 Å². The quantitative estimate of drug-likeness (QED) is 0.666. The van der Waals surface area contributed by atoms with Gasteiger partial charge in [-0.25, -0.2) is 17.6 Å². The SMILES string of the molecule is OCC(Nc1ccc(F)cc1)c1cc(F)c(F)c(F)c1. The first-order chi connectivity index (χ1) is 9.51. The summed E-state index contributed by atoms with van der Waals surface area (Å²) >= 11 is 0. The molecule has 0 aromatic heterocycles. The van der Waals surface area contributed by atoms with Crippen molar-refractivity contribution >= 4 is 5.69 Å². The predicted molar refractivity (Wildman–Crippen MR) is 66.2 cm³/mol. The van der Waals surface area contributed by atoms with Crippen LogP contribution < -0.4 is 5.32 Å². The zero-order chi connectivity index (χ0) is 14.7. The maximum Gasteiger partial charge on any atom is 0.194 e. The number of hydrogen-bond donors (Lipinski definition) is 2. The van der Waals surface area contributed by atoms with Gasteiger partial charge in [0, 0.05) is 5.69 Å². The zero-order valence-corrected chi connectivity index (χ0v) is 10.2. The highest BCUT2D eigenvalue weighted by molar-refractivity contribution is 5.45. The van der Waals surface area contributed by atoms with Crippen LogP contribution in [0.25, 0.3) is 0 Å². The van der Waals surface area contributed by atoms with Crippen LogP contribution in [0.3, 0.4) is 0 Å². The van der Waals surface area contributed by atoms with Crippen molar-refractivity contribution in [2.75, 3.05) is 11.9 Å². The number of aliphatic hydroxyl groups is 1. The lowest BCUT2D eigenvalue weighted by Crippen LogP contribution is -2.15. The zero-order valence-electron chi connectivity index (χ0n) is 10.2. The number of aliphatic hydroxyl groups excluding tert-OH is 1. The van der Waals surface area contributed by atoms with E-state index in [0.29, 0.717) is 5.69 Å². The van der Waals surface area contributed by atoms with E-state index in [-0.39, 0.29) is 5.56 Å². The lowest BCUT2D eigenvalue weighted by atomic mass is 10.1. The van der Waals surface area contributed by atoms with Crippen molar-refractivity contribution in [1.82, 2.24) is 0 Å². The lowest BCUT2D eigenvalue weighted by Gasteiger charge is -2.18. The third kappa shape index (κ3) is 3.08. The highest BCUT2D eigenvalue weighted by Gasteiger charge is 2.17. The van der Waals surface area contributed by atoms with Crippen molar-refractivity contribution in [2.45, 2.75) is 6.04 Å². The molecule has 1 unspecified atom stereocenters. The van der Waals surface area contributed by atoms with Crippen LogP contribution in [0.5, 0.6) is 0 Å². The highest BCUT2D eigenvalue weighted by Crippen LogP contribution is 2.23. The summed E-state index contributed by atoms with van der Waals surface area (Å²) in [6.07, 6.45) is 0. The van der Waals surface area contributed by atoms with Gasteiger partial charge >= 0.3 is 0 Å². The molecule has 1 atom stereocenters. The molecule has 0 heterocycles. The van der Waals surface area contributed by atoms with Crippen molar-refractivity contribution in [1.29, 1.82) is 0 Å². The van der Waals surface area contributed by atoms with Gasteiger partial charge in [-0.05, 0) is 42.0 Å². The fourth-order valence-electron chi connectivity index (χ4n) is 1.76. The van der Waals surface area contributed by atoms with Crippen molar-refractivity contribution in [2.24, 2.45) is 0 Å². The third-order valence-electron chi connectivity index (χ3n) is 2.78. The molecule has 0 aliphatic carbocycles. The predicted octanol–water partition coefficient (Wildman–Crippen LogP) is 3.39. The van der Waals surface area contributed by atoms with Gasteiger partial charge in [-0.15, -0.1) is 0 Å². The molecule has 2 nitrogen and oxygen atoms in total. The Balaban J connectivity index is 2.26. The molecule has 106 valence electrons. The Morgan fingerprint density at radius 3 is 2.00 bits per heavy atom. The molecule has 0 aliphatic heterocycles. The number of hydrogen-bond acceptors (Lipinski definition) is 2. The molecule has 0 saturated heterocycles. The van der Waals surface area contributed by atoms with Gasteiger partial charge in [0.1, 0.15) is 5.82 Å². The molecule has 0 amide bonds. The van der Waals surface area contributed by atoms with Gasteiger partial charge in [0.15, 0.2) is 17.5 Å². The molecule has 0 fully saturated rings. The van der Waals surface area contributed by atoms with Crippen molar-refractivity contribution in [3.8, 4) is 0 Å². The summed E-state index contributed by atoms with van der Waals surface area (Å²) in [5, 5.41) is 12.0. The van der Waals surface area contributed by atoms with E-state index >= 15 is 0 Å². The van der Waals surface area contributed by atoms with E-state index in [1.807, 2.05) is 0 Å². The minimum atomic E-state index is -1.56. The summed E-state index contributed by atoms with van der Waals surface area (Å²) in [6, 6.07) is 5.98. The number of halogens is 4. The normalized spacial score (nSPS) is 12.2. The minimum Gasteiger partial charge on any atom is -0.394 e. The molecule has 20 heavy (non-hydrogen) atoms. The molecule has 2 aromatic carbocycles. The molecule has 2 rings (SSSR count). The van der Waals surface area contributed by atoms with Crippen LogP contribution in [-0.2, 0) is 0 Å². The van der Waals surface area contributed by atoms with Gasteiger partial charge in [0.25, 0.3) is 0 Å². The van der Waals surface area contributed by atoms with E-state index in [0.717, 1.165) is 12.1 Å².